The Morgan fingerprint density at radius 1 is 1.23 bits per heavy atom. The third kappa shape index (κ3) is 2.73. The van der Waals surface area contributed by atoms with E-state index in [1.54, 1.807) is 17.2 Å². The van der Waals surface area contributed by atoms with Crippen LogP contribution in [0.1, 0.15) is 50.8 Å². The van der Waals surface area contributed by atoms with Gasteiger partial charge in [0.15, 0.2) is 5.78 Å². The topological polar surface area (TPSA) is 62.6 Å². The standard InChI is InChI=1S/C21H22N2O3/c1-2-7-19(25)23-16-10-4-3-8-14(16)22-15-9-5-11-17(24)20(15)21(23)18-12-6-13-26-18/h3-4,6,8,10,12-13,21-22H,2,5,7,9,11H2,1H3. The molecule has 134 valence electrons. The number of Topliss-reactive ketones (excluding diaryl/α,β-unsaturated/α-hetero) is 1. The lowest BCUT2D eigenvalue weighted by atomic mass is 9.88. The number of carbonyl (C=O) groups is 2. The van der Waals surface area contributed by atoms with Gasteiger partial charge in [-0.05, 0) is 43.5 Å². The summed E-state index contributed by atoms with van der Waals surface area (Å²) in [5, 5.41) is 3.43. The molecule has 1 amide bonds. The Morgan fingerprint density at radius 3 is 2.85 bits per heavy atom. The SMILES string of the molecule is CCCC(=O)N1c2ccccc2NC2=C(C(=O)CCC2)C1c1ccco1. The largest absolute Gasteiger partial charge is 0.467 e. The molecule has 26 heavy (non-hydrogen) atoms. The van der Waals surface area contributed by atoms with Crippen molar-refractivity contribution in [1.29, 1.82) is 0 Å². The van der Waals surface area contributed by atoms with Crippen LogP contribution in [0.2, 0.25) is 0 Å². The monoisotopic (exact) mass is 350 g/mol. The molecule has 1 unspecified atom stereocenters. The van der Waals surface area contributed by atoms with Crippen molar-refractivity contribution in [2.24, 2.45) is 0 Å². The van der Waals surface area contributed by atoms with E-state index < -0.39 is 6.04 Å². The number of benzene rings is 1. The predicted molar refractivity (Wildman–Crippen MR) is 99.8 cm³/mol. The number of fused-ring (bicyclic) bond motifs is 1. The van der Waals surface area contributed by atoms with Crippen molar-refractivity contribution in [2.75, 3.05) is 10.2 Å². The predicted octanol–water partition coefficient (Wildman–Crippen LogP) is 4.59. The van der Waals surface area contributed by atoms with Crippen LogP contribution in [0.3, 0.4) is 0 Å². The summed E-state index contributed by atoms with van der Waals surface area (Å²) in [4.78, 5) is 27.8. The number of amides is 1. The summed E-state index contributed by atoms with van der Waals surface area (Å²) in [6.07, 6.45) is 4.88. The van der Waals surface area contributed by atoms with E-state index in [0.29, 0.717) is 24.2 Å². The van der Waals surface area contributed by atoms with Gasteiger partial charge in [0.05, 0.1) is 17.6 Å². The van der Waals surface area contributed by atoms with Crippen LogP contribution in [0.5, 0.6) is 0 Å². The second kappa shape index (κ2) is 6.83. The van der Waals surface area contributed by atoms with Gasteiger partial charge in [-0.3, -0.25) is 14.5 Å². The van der Waals surface area contributed by atoms with Crippen LogP contribution in [0.25, 0.3) is 0 Å². The van der Waals surface area contributed by atoms with Gasteiger partial charge in [0.2, 0.25) is 5.91 Å². The van der Waals surface area contributed by atoms with Crippen LogP contribution in [0.4, 0.5) is 11.4 Å². The Kier molecular flexibility index (Phi) is 4.37. The zero-order valence-corrected chi connectivity index (χ0v) is 14.8. The highest BCUT2D eigenvalue weighted by molar-refractivity contribution is 6.05. The van der Waals surface area contributed by atoms with Crippen LogP contribution in [-0.2, 0) is 9.59 Å². The average Bonchev–Trinajstić information content (AvgIpc) is 3.11. The summed E-state index contributed by atoms with van der Waals surface area (Å²) in [7, 11) is 0. The Morgan fingerprint density at radius 2 is 2.08 bits per heavy atom. The minimum atomic E-state index is -0.525. The van der Waals surface area contributed by atoms with Gasteiger partial charge in [0, 0.05) is 24.1 Å². The van der Waals surface area contributed by atoms with Crippen molar-refractivity contribution in [3.05, 3.63) is 59.7 Å². The van der Waals surface area contributed by atoms with E-state index in [9.17, 15) is 9.59 Å². The van der Waals surface area contributed by atoms with E-state index in [-0.39, 0.29) is 11.7 Å². The number of hydrogen-bond donors (Lipinski definition) is 1. The number of rotatable bonds is 3. The lowest BCUT2D eigenvalue weighted by Gasteiger charge is -2.32. The molecule has 0 saturated carbocycles. The minimum absolute atomic E-state index is 0.00438. The molecular formula is C21H22N2O3. The highest BCUT2D eigenvalue weighted by Gasteiger charge is 2.40. The Bertz CT molecular complexity index is 867. The highest BCUT2D eigenvalue weighted by Crippen LogP contribution is 2.45. The van der Waals surface area contributed by atoms with Gasteiger partial charge in [-0.1, -0.05) is 19.1 Å². The van der Waals surface area contributed by atoms with E-state index in [2.05, 4.69) is 5.32 Å². The fourth-order valence-electron chi connectivity index (χ4n) is 3.86. The summed E-state index contributed by atoms with van der Waals surface area (Å²) in [6.45, 7) is 1.98. The lowest BCUT2D eigenvalue weighted by molar-refractivity contribution is -0.119. The van der Waals surface area contributed by atoms with Crippen LogP contribution in [0, 0.1) is 0 Å². The summed E-state index contributed by atoms with van der Waals surface area (Å²) >= 11 is 0. The fourth-order valence-corrected chi connectivity index (χ4v) is 3.86. The maximum atomic E-state index is 13.1. The first-order valence-electron chi connectivity index (χ1n) is 9.18. The molecule has 0 radical (unpaired) electrons. The van der Waals surface area contributed by atoms with Gasteiger partial charge in [0.25, 0.3) is 0 Å². The van der Waals surface area contributed by atoms with Crippen LogP contribution < -0.4 is 10.2 Å². The molecule has 2 aliphatic rings. The first-order chi connectivity index (χ1) is 12.7. The zero-order valence-electron chi connectivity index (χ0n) is 14.8. The summed E-state index contributed by atoms with van der Waals surface area (Å²) in [5.41, 5.74) is 3.21. The van der Waals surface area contributed by atoms with E-state index in [4.69, 9.17) is 4.42 Å². The van der Waals surface area contributed by atoms with Gasteiger partial charge in [0.1, 0.15) is 11.8 Å². The van der Waals surface area contributed by atoms with E-state index in [0.717, 1.165) is 36.3 Å². The van der Waals surface area contributed by atoms with Crippen LogP contribution in [-0.4, -0.2) is 11.7 Å². The summed E-state index contributed by atoms with van der Waals surface area (Å²) in [5.74, 6) is 0.702. The average molecular weight is 350 g/mol. The van der Waals surface area contributed by atoms with Crippen molar-refractivity contribution in [2.45, 2.75) is 45.1 Å². The second-order valence-corrected chi connectivity index (χ2v) is 6.74. The molecule has 0 bridgehead atoms. The second-order valence-electron chi connectivity index (χ2n) is 6.74. The smallest absolute Gasteiger partial charge is 0.228 e. The molecule has 1 aromatic carbocycles. The number of hydrogen-bond acceptors (Lipinski definition) is 4. The lowest BCUT2D eigenvalue weighted by Crippen LogP contribution is -2.37. The highest BCUT2D eigenvalue weighted by atomic mass is 16.3. The maximum absolute atomic E-state index is 13.1. The van der Waals surface area contributed by atoms with E-state index in [1.165, 1.54) is 0 Å². The van der Waals surface area contributed by atoms with Gasteiger partial charge >= 0.3 is 0 Å². The number of anilines is 2. The molecule has 1 aromatic heterocycles. The third-order valence-corrected chi connectivity index (χ3v) is 4.98. The molecule has 5 heteroatoms. The van der Waals surface area contributed by atoms with Crippen LogP contribution >= 0.6 is 0 Å². The molecule has 1 aliphatic heterocycles. The van der Waals surface area contributed by atoms with E-state index in [1.807, 2.05) is 37.3 Å². The molecule has 1 N–H and O–H groups in total. The normalized spacial score (nSPS) is 19.5. The molecule has 0 saturated heterocycles. The van der Waals surface area contributed by atoms with Gasteiger partial charge in [-0.2, -0.15) is 0 Å². The molecule has 0 spiro atoms. The van der Waals surface area contributed by atoms with E-state index >= 15 is 0 Å². The Balaban J connectivity index is 1.96. The number of para-hydroxylation sites is 2. The quantitative estimate of drug-likeness (QED) is 0.880. The molecule has 2 aromatic rings. The Labute approximate surface area is 152 Å². The van der Waals surface area contributed by atoms with Crippen molar-refractivity contribution < 1.29 is 14.0 Å². The number of nitrogens with one attached hydrogen (secondary N) is 1. The molecule has 2 heterocycles. The summed E-state index contributed by atoms with van der Waals surface area (Å²) < 4.78 is 5.69. The molecule has 4 rings (SSSR count). The van der Waals surface area contributed by atoms with Crippen molar-refractivity contribution in [3.63, 3.8) is 0 Å². The Hall–Kier alpha value is -2.82. The molecule has 0 fully saturated rings. The number of furan rings is 1. The first kappa shape index (κ1) is 16.6. The number of nitrogens with zero attached hydrogens (tertiary/aromatic N) is 1. The first-order valence-corrected chi connectivity index (χ1v) is 9.18. The fraction of sp³-hybridized carbons (Fsp3) is 0.333. The number of carbonyl (C=O) groups excluding carboxylic acids is 2. The molecule has 1 atom stereocenters. The molecule has 5 nitrogen and oxygen atoms in total. The number of allylic oxidation sites excluding steroid dienone is 1. The van der Waals surface area contributed by atoms with Crippen molar-refractivity contribution in [3.8, 4) is 0 Å². The minimum Gasteiger partial charge on any atom is -0.467 e. The zero-order chi connectivity index (χ0) is 18.1. The van der Waals surface area contributed by atoms with Crippen LogP contribution in [0.15, 0.2) is 58.3 Å². The summed E-state index contributed by atoms with van der Waals surface area (Å²) in [6, 6.07) is 10.9. The maximum Gasteiger partial charge on any atom is 0.228 e. The van der Waals surface area contributed by atoms with Crippen molar-refractivity contribution >= 4 is 23.1 Å². The molecule has 1 aliphatic carbocycles. The van der Waals surface area contributed by atoms with Crippen molar-refractivity contribution in [1.82, 2.24) is 0 Å². The number of ketones is 1. The molecular weight excluding hydrogens is 328 g/mol. The third-order valence-electron chi connectivity index (χ3n) is 4.98. The van der Waals surface area contributed by atoms with Gasteiger partial charge in [-0.15, -0.1) is 0 Å². The van der Waals surface area contributed by atoms with Gasteiger partial charge < -0.3 is 9.73 Å². The van der Waals surface area contributed by atoms with Gasteiger partial charge in [-0.25, -0.2) is 0 Å².